The Bertz CT molecular complexity index is 385. The number of nitrogens with zero attached hydrogens (tertiary/aromatic N) is 1. The van der Waals surface area contributed by atoms with Crippen molar-refractivity contribution in [3.05, 3.63) is 0 Å². The Morgan fingerprint density at radius 3 is 2.55 bits per heavy atom. The lowest BCUT2D eigenvalue weighted by atomic mass is 10.0. The van der Waals surface area contributed by atoms with Crippen molar-refractivity contribution in [3.8, 4) is 0 Å². The summed E-state index contributed by atoms with van der Waals surface area (Å²) >= 11 is 0. The molecule has 114 valence electrons. The molecule has 8 heteroatoms. The summed E-state index contributed by atoms with van der Waals surface area (Å²) in [7, 11) is 0. The number of primary amides is 1. The summed E-state index contributed by atoms with van der Waals surface area (Å²) in [5.74, 6) is -1.80. The third-order valence-corrected chi connectivity index (χ3v) is 3.47. The topological polar surface area (TPSA) is 133 Å². The Kier molecular flexibility index (Phi) is 5.75. The zero-order valence-electron chi connectivity index (χ0n) is 11.4. The lowest BCUT2D eigenvalue weighted by molar-refractivity contribution is -0.139. The highest BCUT2D eigenvalue weighted by atomic mass is 16.4. The minimum Gasteiger partial charge on any atom is -0.480 e. The Morgan fingerprint density at radius 1 is 1.45 bits per heavy atom. The van der Waals surface area contributed by atoms with Gasteiger partial charge in [-0.3, -0.25) is 4.79 Å². The molecule has 8 nitrogen and oxygen atoms in total. The van der Waals surface area contributed by atoms with E-state index in [4.69, 9.17) is 10.8 Å². The predicted octanol–water partition coefficient (Wildman–Crippen LogP) is -0.883. The van der Waals surface area contributed by atoms with Crippen LogP contribution in [0.2, 0.25) is 0 Å². The molecule has 1 fully saturated rings. The first-order chi connectivity index (χ1) is 9.31. The van der Waals surface area contributed by atoms with Crippen molar-refractivity contribution in [1.29, 1.82) is 0 Å². The van der Waals surface area contributed by atoms with Gasteiger partial charge in [-0.25, -0.2) is 9.59 Å². The van der Waals surface area contributed by atoms with Gasteiger partial charge in [0, 0.05) is 25.4 Å². The average molecular weight is 287 g/mol. The molecular weight excluding hydrogens is 266 g/mol. The first kappa shape index (κ1) is 16.2. The smallest absolute Gasteiger partial charge is 0.326 e. The molecule has 5 N–H and O–H groups in total. The number of nitrogens with two attached hydrogens (primary N) is 1. The highest BCUT2D eigenvalue weighted by Crippen LogP contribution is 2.19. The number of aliphatic carboxylic acids is 1. The Morgan fingerprint density at radius 2 is 2.10 bits per heavy atom. The SMILES string of the molecule is CC(O)C1CCN(C(=O)N[C@H](CCC(N)=O)C(=O)O)C1. The fourth-order valence-corrected chi connectivity index (χ4v) is 2.15. The van der Waals surface area contributed by atoms with Gasteiger partial charge in [0.25, 0.3) is 0 Å². The van der Waals surface area contributed by atoms with Gasteiger partial charge in [0.15, 0.2) is 0 Å². The number of nitrogens with one attached hydrogen (secondary N) is 1. The van der Waals surface area contributed by atoms with Gasteiger partial charge in [-0.1, -0.05) is 0 Å². The summed E-state index contributed by atoms with van der Waals surface area (Å²) in [5, 5.41) is 20.8. The highest BCUT2D eigenvalue weighted by molar-refractivity contribution is 5.83. The number of urea groups is 1. The summed E-state index contributed by atoms with van der Waals surface area (Å²) in [6.45, 7) is 2.54. The second-order valence-corrected chi connectivity index (χ2v) is 5.08. The Labute approximate surface area is 116 Å². The number of carbonyl (C=O) groups is 3. The van der Waals surface area contributed by atoms with Crippen LogP contribution < -0.4 is 11.1 Å². The van der Waals surface area contributed by atoms with Gasteiger partial charge in [0.1, 0.15) is 6.04 Å². The number of likely N-dealkylation sites (tertiary alicyclic amines) is 1. The number of amides is 3. The van der Waals surface area contributed by atoms with Crippen LogP contribution in [0.5, 0.6) is 0 Å². The molecule has 0 saturated carbocycles. The Hall–Kier alpha value is -1.83. The van der Waals surface area contributed by atoms with E-state index in [2.05, 4.69) is 5.32 Å². The molecule has 0 aromatic rings. The molecule has 2 unspecified atom stereocenters. The van der Waals surface area contributed by atoms with Gasteiger partial charge in [-0.15, -0.1) is 0 Å². The monoisotopic (exact) mass is 287 g/mol. The van der Waals surface area contributed by atoms with E-state index in [0.717, 1.165) is 0 Å². The first-order valence-corrected chi connectivity index (χ1v) is 6.56. The molecule has 1 heterocycles. The van der Waals surface area contributed by atoms with Crippen LogP contribution in [0, 0.1) is 5.92 Å². The fraction of sp³-hybridized carbons (Fsp3) is 0.750. The third kappa shape index (κ3) is 4.69. The number of carbonyl (C=O) groups excluding carboxylic acids is 2. The van der Waals surface area contributed by atoms with Crippen LogP contribution in [0.25, 0.3) is 0 Å². The van der Waals surface area contributed by atoms with Crippen LogP contribution in [0.3, 0.4) is 0 Å². The van der Waals surface area contributed by atoms with E-state index in [1.807, 2.05) is 0 Å². The van der Waals surface area contributed by atoms with Crippen molar-refractivity contribution in [2.45, 2.75) is 38.3 Å². The lowest BCUT2D eigenvalue weighted by Crippen LogP contribution is -2.47. The number of hydrogen-bond donors (Lipinski definition) is 4. The standard InChI is InChI=1S/C12H21N3O5/c1-7(16)8-4-5-15(6-8)12(20)14-9(11(18)19)2-3-10(13)17/h7-9,16H,2-6H2,1H3,(H2,13,17)(H,14,20)(H,18,19)/t7?,8?,9-/m1/s1. The van der Waals surface area contributed by atoms with Gasteiger partial charge in [0.05, 0.1) is 6.10 Å². The van der Waals surface area contributed by atoms with E-state index in [1.54, 1.807) is 6.92 Å². The normalized spacial score (nSPS) is 21.3. The molecule has 0 spiro atoms. The number of aliphatic hydroxyl groups is 1. The van der Waals surface area contributed by atoms with Crippen LogP contribution in [-0.4, -0.2) is 58.3 Å². The molecule has 1 aliphatic heterocycles. The molecule has 1 rings (SSSR count). The average Bonchev–Trinajstić information content (AvgIpc) is 2.83. The summed E-state index contributed by atoms with van der Waals surface area (Å²) < 4.78 is 0. The molecule has 0 bridgehead atoms. The first-order valence-electron chi connectivity index (χ1n) is 6.56. The van der Waals surface area contributed by atoms with Gasteiger partial charge in [-0.2, -0.15) is 0 Å². The van der Waals surface area contributed by atoms with Crippen LogP contribution in [0.4, 0.5) is 4.79 Å². The lowest BCUT2D eigenvalue weighted by Gasteiger charge is -2.21. The summed E-state index contributed by atoms with van der Waals surface area (Å²) in [6.07, 6.45) is 0.0415. The van der Waals surface area contributed by atoms with Crippen molar-refractivity contribution >= 4 is 17.9 Å². The second kappa shape index (κ2) is 7.09. The Balaban J connectivity index is 2.50. The molecule has 0 aliphatic carbocycles. The van der Waals surface area contributed by atoms with E-state index in [-0.39, 0.29) is 18.8 Å². The second-order valence-electron chi connectivity index (χ2n) is 5.08. The van der Waals surface area contributed by atoms with Gasteiger partial charge >= 0.3 is 12.0 Å². The van der Waals surface area contributed by atoms with Crippen LogP contribution in [0.15, 0.2) is 0 Å². The van der Waals surface area contributed by atoms with Crippen molar-refractivity contribution < 1.29 is 24.6 Å². The summed E-state index contributed by atoms with van der Waals surface area (Å²) in [6, 6.07) is -1.63. The molecule has 20 heavy (non-hydrogen) atoms. The molecule has 1 saturated heterocycles. The maximum absolute atomic E-state index is 11.9. The zero-order valence-corrected chi connectivity index (χ0v) is 11.4. The minimum atomic E-state index is -1.20. The maximum atomic E-state index is 11.9. The molecular formula is C12H21N3O5. The minimum absolute atomic E-state index is 0.00893. The molecule has 0 radical (unpaired) electrons. The van der Waals surface area contributed by atoms with Crippen molar-refractivity contribution in [3.63, 3.8) is 0 Å². The fourth-order valence-electron chi connectivity index (χ4n) is 2.15. The summed E-state index contributed by atoms with van der Waals surface area (Å²) in [5.41, 5.74) is 4.96. The number of hydrogen-bond acceptors (Lipinski definition) is 4. The maximum Gasteiger partial charge on any atom is 0.326 e. The largest absolute Gasteiger partial charge is 0.480 e. The zero-order chi connectivity index (χ0) is 15.3. The predicted molar refractivity (Wildman–Crippen MR) is 69.7 cm³/mol. The van der Waals surface area contributed by atoms with Crippen LogP contribution >= 0.6 is 0 Å². The van der Waals surface area contributed by atoms with Gasteiger partial charge in [-0.05, 0) is 19.8 Å². The van der Waals surface area contributed by atoms with Crippen molar-refractivity contribution in [1.82, 2.24) is 10.2 Å². The highest BCUT2D eigenvalue weighted by Gasteiger charge is 2.31. The number of rotatable bonds is 6. The van der Waals surface area contributed by atoms with E-state index in [9.17, 15) is 19.5 Å². The van der Waals surface area contributed by atoms with E-state index < -0.39 is 30.1 Å². The summed E-state index contributed by atoms with van der Waals surface area (Å²) in [4.78, 5) is 35.1. The van der Waals surface area contributed by atoms with E-state index in [0.29, 0.717) is 19.5 Å². The number of carboxylic acids is 1. The molecule has 3 amide bonds. The van der Waals surface area contributed by atoms with Gasteiger partial charge in [0.2, 0.25) is 5.91 Å². The van der Waals surface area contributed by atoms with E-state index in [1.165, 1.54) is 4.90 Å². The number of carboxylic acid groups (broad SMARTS) is 1. The molecule has 3 atom stereocenters. The quantitative estimate of drug-likeness (QED) is 0.503. The molecule has 0 aromatic heterocycles. The van der Waals surface area contributed by atoms with Gasteiger partial charge < -0.3 is 26.2 Å². The van der Waals surface area contributed by atoms with Crippen molar-refractivity contribution in [2.75, 3.05) is 13.1 Å². The third-order valence-electron chi connectivity index (χ3n) is 3.47. The number of aliphatic hydroxyl groups excluding tert-OH is 1. The van der Waals surface area contributed by atoms with Crippen LogP contribution in [-0.2, 0) is 9.59 Å². The molecule has 1 aliphatic rings. The van der Waals surface area contributed by atoms with E-state index >= 15 is 0 Å². The van der Waals surface area contributed by atoms with Crippen molar-refractivity contribution in [2.24, 2.45) is 11.7 Å². The molecule has 0 aromatic carbocycles. The van der Waals surface area contributed by atoms with Crippen LogP contribution in [0.1, 0.15) is 26.2 Å².